The Morgan fingerprint density at radius 2 is 1.65 bits per heavy atom. The predicted molar refractivity (Wildman–Crippen MR) is 120 cm³/mol. The van der Waals surface area contributed by atoms with E-state index in [9.17, 15) is 30.8 Å². The highest BCUT2D eigenvalue weighted by molar-refractivity contribution is 7.89. The third kappa shape index (κ3) is 5.97. The van der Waals surface area contributed by atoms with Crippen molar-refractivity contribution in [2.24, 2.45) is 0 Å². The van der Waals surface area contributed by atoms with Crippen LogP contribution in [0.3, 0.4) is 0 Å². The van der Waals surface area contributed by atoms with E-state index in [-0.39, 0.29) is 35.0 Å². The minimum absolute atomic E-state index is 0.0725. The Balaban J connectivity index is 1.67. The summed E-state index contributed by atoms with van der Waals surface area (Å²) in [6, 6.07) is 8.72. The number of methoxy groups -OCH3 is 1. The van der Waals surface area contributed by atoms with E-state index in [1.54, 1.807) is 0 Å². The number of carbonyl (C=O) groups is 2. The van der Waals surface area contributed by atoms with Gasteiger partial charge in [-0.2, -0.15) is 4.31 Å². The van der Waals surface area contributed by atoms with Gasteiger partial charge in [0, 0.05) is 18.8 Å². The highest BCUT2D eigenvalue weighted by atomic mass is 32.2. The van der Waals surface area contributed by atoms with E-state index in [2.05, 4.69) is 14.8 Å². The van der Waals surface area contributed by atoms with Crippen molar-refractivity contribution in [3.63, 3.8) is 0 Å². The van der Waals surface area contributed by atoms with E-state index < -0.39 is 43.8 Å². The van der Waals surface area contributed by atoms with Crippen LogP contribution in [0.4, 0.5) is 10.1 Å². The number of rotatable bonds is 9. The maximum Gasteiger partial charge on any atom is 0.306 e. The first kappa shape index (κ1) is 25.7. The van der Waals surface area contributed by atoms with Crippen LogP contribution in [0, 0.1) is 5.82 Å². The van der Waals surface area contributed by atoms with Crippen LogP contribution in [0.5, 0.6) is 0 Å². The number of anilines is 1. The molecule has 2 N–H and O–H groups in total. The molecular formula is C21H24FN3O7S2. The van der Waals surface area contributed by atoms with Gasteiger partial charge in [0.05, 0.1) is 23.3 Å². The molecule has 0 aromatic heterocycles. The fraction of sp³-hybridized carbons (Fsp3) is 0.333. The molecule has 0 unspecified atom stereocenters. The number of benzene rings is 2. The van der Waals surface area contributed by atoms with Gasteiger partial charge in [-0.3, -0.25) is 9.59 Å². The fourth-order valence-electron chi connectivity index (χ4n) is 3.45. The smallest absolute Gasteiger partial charge is 0.306 e. The van der Waals surface area contributed by atoms with Crippen LogP contribution < -0.4 is 10.0 Å². The zero-order valence-corrected chi connectivity index (χ0v) is 19.9. The summed E-state index contributed by atoms with van der Waals surface area (Å²) in [6.07, 6.45) is 0.665. The van der Waals surface area contributed by atoms with Crippen molar-refractivity contribution >= 4 is 37.6 Å². The minimum Gasteiger partial charge on any atom is -0.469 e. The lowest BCUT2D eigenvalue weighted by molar-refractivity contribution is -0.140. The summed E-state index contributed by atoms with van der Waals surface area (Å²) in [7, 11) is -6.67. The van der Waals surface area contributed by atoms with Gasteiger partial charge in [-0.05, 0) is 61.4 Å². The van der Waals surface area contributed by atoms with E-state index in [4.69, 9.17) is 0 Å². The van der Waals surface area contributed by atoms with Crippen molar-refractivity contribution in [3.05, 3.63) is 54.3 Å². The van der Waals surface area contributed by atoms with Gasteiger partial charge < -0.3 is 10.1 Å². The number of esters is 1. The van der Waals surface area contributed by atoms with Crippen LogP contribution in [0.2, 0.25) is 0 Å². The summed E-state index contributed by atoms with van der Waals surface area (Å²) in [4.78, 5) is 23.8. The van der Waals surface area contributed by atoms with Gasteiger partial charge in [0.2, 0.25) is 26.0 Å². The Hall–Kier alpha value is -2.87. The number of ether oxygens (including phenoxy) is 1. The molecular weight excluding hydrogens is 489 g/mol. The third-order valence-corrected chi connectivity index (χ3v) is 8.61. The largest absolute Gasteiger partial charge is 0.469 e. The number of sulfonamides is 2. The van der Waals surface area contributed by atoms with Gasteiger partial charge in [0.25, 0.3) is 0 Å². The molecule has 0 saturated carbocycles. The quantitative estimate of drug-likeness (QED) is 0.484. The minimum atomic E-state index is -4.00. The molecule has 0 spiro atoms. The Bertz CT molecular complexity index is 1250. The second kappa shape index (κ2) is 10.6. The molecule has 1 aliphatic heterocycles. The summed E-state index contributed by atoms with van der Waals surface area (Å²) in [6.45, 7) is 0.0137. The zero-order valence-electron chi connectivity index (χ0n) is 18.2. The van der Waals surface area contributed by atoms with Crippen LogP contribution in [0.15, 0.2) is 58.3 Å². The molecule has 0 bridgehead atoms. The van der Waals surface area contributed by atoms with Crippen molar-refractivity contribution in [1.82, 2.24) is 9.03 Å². The predicted octanol–water partition coefficient (Wildman–Crippen LogP) is 1.46. The SMILES string of the molecule is COC(=O)CCNS(=O)(=O)c1ccc(NC(=O)[C@@H]2CCCN2S(=O)(=O)c2ccc(F)cc2)cc1. The third-order valence-electron chi connectivity index (χ3n) is 5.21. The van der Waals surface area contributed by atoms with E-state index in [1.165, 1.54) is 31.4 Å². The number of nitrogens with one attached hydrogen (secondary N) is 2. The molecule has 0 aliphatic carbocycles. The summed E-state index contributed by atoms with van der Waals surface area (Å²) in [5, 5.41) is 2.61. The van der Waals surface area contributed by atoms with Crippen molar-refractivity contribution in [3.8, 4) is 0 Å². The molecule has 2 aromatic carbocycles. The zero-order chi connectivity index (χ0) is 24.9. The first-order chi connectivity index (χ1) is 16.0. The summed E-state index contributed by atoms with van der Waals surface area (Å²) < 4.78 is 71.5. The number of carbonyl (C=O) groups excluding carboxylic acids is 2. The van der Waals surface area contributed by atoms with Crippen LogP contribution >= 0.6 is 0 Å². The molecule has 1 heterocycles. The monoisotopic (exact) mass is 513 g/mol. The van der Waals surface area contributed by atoms with Gasteiger partial charge in [-0.1, -0.05) is 0 Å². The highest BCUT2D eigenvalue weighted by Crippen LogP contribution is 2.27. The average Bonchev–Trinajstić information content (AvgIpc) is 3.31. The van der Waals surface area contributed by atoms with E-state index in [1.807, 2.05) is 0 Å². The normalized spacial score (nSPS) is 16.8. The summed E-state index contributed by atoms with van der Waals surface area (Å²) in [5.74, 6) is -1.68. The molecule has 2 aromatic rings. The second-order valence-electron chi connectivity index (χ2n) is 7.47. The van der Waals surface area contributed by atoms with Crippen molar-refractivity contribution < 1.29 is 35.6 Å². The highest BCUT2D eigenvalue weighted by Gasteiger charge is 2.39. The average molecular weight is 514 g/mol. The van der Waals surface area contributed by atoms with Crippen molar-refractivity contribution in [2.45, 2.75) is 35.1 Å². The molecule has 1 saturated heterocycles. The van der Waals surface area contributed by atoms with Crippen molar-refractivity contribution in [1.29, 1.82) is 0 Å². The molecule has 1 atom stereocenters. The maximum absolute atomic E-state index is 13.2. The molecule has 10 nitrogen and oxygen atoms in total. The molecule has 1 fully saturated rings. The molecule has 184 valence electrons. The van der Waals surface area contributed by atoms with Crippen molar-refractivity contribution in [2.75, 3.05) is 25.5 Å². The topological polar surface area (TPSA) is 139 Å². The lowest BCUT2D eigenvalue weighted by Gasteiger charge is -2.23. The number of halogens is 1. The van der Waals surface area contributed by atoms with Gasteiger partial charge >= 0.3 is 5.97 Å². The van der Waals surface area contributed by atoms with Crippen LogP contribution in [-0.2, 0) is 34.4 Å². The first-order valence-electron chi connectivity index (χ1n) is 10.3. The maximum atomic E-state index is 13.2. The van der Waals surface area contributed by atoms with Gasteiger partial charge in [0.1, 0.15) is 11.9 Å². The van der Waals surface area contributed by atoms with E-state index in [0.29, 0.717) is 12.8 Å². The number of amides is 1. The van der Waals surface area contributed by atoms with Gasteiger partial charge in [-0.15, -0.1) is 0 Å². The fourth-order valence-corrected chi connectivity index (χ4v) is 6.14. The first-order valence-corrected chi connectivity index (χ1v) is 13.2. The summed E-state index contributed by atoms with van der Waals surface area (Å²) in [5.41, 5.74) is 0.282. The van der Waals surface area contributed by atoms with Gasteiger partial charge in [-0.25, -0.2) is 25.9 Å². The lowest BCUT2D eigenvalue weighted by Crippen LogP contribution is -2.43. The number of nitrogens with zero attached hydrogens (tertiary/aromatic N) is 1. The molecule has 13 heteroatoms. The summed E-state index contributed by atoms with van der Waals surface area (Å²) >= 11 is 0. The standard InChI is InChI=1S/C21H24FN3O7S2/c1-32-20(26)12-13-23-33(28,29)17-10-6-16(7-11-17)24-21(27)19-3-2-14-25(19)34(30,31)18-8-4-15(22)5-9-18/h4-11,19,23H,2-3,12-14H2,1H3,(H,24,27)/t19-/m0/s1. The Labute approximate surface area is 197 Å². The molecule has 3 rings (SSSR count). The Kier molecular flexibility index (Phi) is 8.02. The Morgan fingerprint density at radius 3 is 2.26 bits per heavy atom. The van der Waals surface area contributed by atoms with Crippen LogP contribution in [-0.4, -0.2) is 59.3 Å². The molecule has 0 radical (unpaired) electrons. The van der Waals surface area contributed by atoms with E-state index >= 15 is 0 Å². The number of hydrogen-bond acceptors (Lipinski definition) is 7. The van der Waals surface area contributed by atoms with Gasteiger partial charge in [0.15, 0.2) is 0 Å². The van der Waals surface area contributed by atoms with E-state index in [0.717, 1.165) is 28.6 Å². The Morgan fingerprint density at radius 1 is 1.03 bits per heavy atom. The molecule has 1 amide bonds. The molecule has 34 heavy (non-hydrogen) atoms. The molecule has 1 aliphatic rings. The van der Waals surface area contributed by atoms with Crippen LogP contribution in [0.1, 0.15) is 19.3 Å². The lowest BCUT2D eigenvalue weighted by atomic mass is 10.2. The number of hydrogen-bond donors (Lipinski definition) is 2. The van der Waals surface area contributed by atoms with Crippen LogP contribution in [0.25, 0.3) is 0 Å². The second-order valence-corrected chi connectivity index (χ2v) is 11.1.